The third-order valence-corrected chi connectivity index (χ3v) is 4.96. The van der Waals surface area contributed by atoms with Crippen LogP contribution < -0.4 is 5.32 Å². The van der Waals surface area contributed by atoms with Gasteiger partial charge in [-0.1, -0.05) is 38.1 Å². The maximum absolute atomic E-state index is 6.20. The van der Waals surface area contributed by atoms with Crippen molar-refractivity contribution in [3.63, 3.8) is 0 Å². The highest BCUT2D eigenvalue weighted by Gasteiger charge is 2.25. The fraction of sp³-hybridized carbons (Fsp3) is 0.667. The van der Waals surface area contributed by atoms with Crippen LogP contribution in [-0.4, -0.2) is 19.8 Å². The van der Waals surface area contributed by atoms with Gasteiger partial charge in [0.25, 0.3) is 0 Å². The minimum atomic E-state index is 0.297. The summed E-state index contributed by atoms with van der Waals surface area (Å²) in [5.74, 6) is 1.64. The number of nitrogens with one attached hydrogen (secondary N) is 1. The third-order valence-electron chi connectivity index (χ3n) is 4.96. The standard InChI is InChI=1S/C18H29NO/c1-13-9-10-16(11-15(13)3)20-12-18(19-4)17-8-6-5-7-14(17)2/h5-8,13,15-16,18-19H,9-12H2,1-4H3. The Kier molecular flexibility index (Phi) is 5.62. The summed E-state index contributed by atoms with van der Waals surface area (Å²) in [5, 5.41) is 3.39. The predicted octanol–water partition coefficient (Wildman–Crippen LogP) is 4.10. The summed E-state index contributed by atoms with van der Waals surface area (Å²) in [5.41, 5.74) is 2.69. The lowest BCUT2D eigenvalue weighted by atomic mass is 9.80. The van der Waals surface area contributed by atoms with Crippen molar-refractivity contribution in [1.29, 1.82) is 0 Å². The lowest BCUT2D eigenvalue weighted by Gasteiger charge is -2.33. The molecule has 0 bridgehead atoms. The second kappa shape index (κ2) is 7.24. The second-order valence-electron chi connectivity index (χ2n) is 6.42. The Labute approximate surface area is 123 Å². The van der Waals surface area contributed by atoms with Crippen LogP contribution >= 0.6 is 0 Å². The van der Waals surface area contributed by atoms with Gasteiger partial charge in [-0.25, -0.2) is 0 Å². The number of aryl methyl sites for hydroxylation is 1. The van der Waals surface area contributed by atoms with Gasteiger partial charge in [-0.3, -0.25) is 0 Å². The van der Waals surface area contributed by atoms with E-state index < -0.39 is 0 Å². The molecule has 1 aromatic carbocycles. The van der Waals surface area contributed by atoms with E-state index in [-0.39, 0.29) is 0 Å². The zero-order chi connectivity index (χ0) is 14.5. The topological polar surface area (TPSA) is 21.3 Å². The van der Waals surface area contributed by atoms with Gasteiger partial charge in [0.05, 0.1) is 18.8 Å². The highest BCUT2D eigenvalue weighted by atomic mass is 16.5. The molecular formula is C18H29NO. The molecule has 112 valence electrons. The summed E-state index contributed by atoms with van der Waals surface area (Å²) in [4.78, 5) is 0. The summed E-state index contributed by atoms with van der Waals surface area (Å²) in [6.45, 7) is 7.67. The van der Waals surface area contributed by atoms with Crippen molar-refractivity contribution < 1.29 is 4.74 Å². The van der Waals surface area contributed by atoms with E-state index in [9.17, 15) is 0 Å². The molecule has 1 N–H and O–H groups in total. The smallest absolute Gasteiger partial charge is 0.0665 e. The molecule has 2 rings (SSSR count). The van der Waals surface area contributed by atoms with Crippen molar-refractivity contribution in [3.05, 3.63) is 35.4 Å². The third kappa shape index (κ3) is 3.83. The van der Waals surface area contributed by atoms with Crippen molar-refractivity contribution in [1.82, 2.24) is 5.32 Å². The van der Waals surface area contributed by atoms with E-state index in [0.29, 0.717) is 12.1 Å². The normalized spacial score (nSPS) is 28.3. The largest absolute Gasteiger partial charge is 0.376 e. The second-order valence-corrected chi connectivity index (χ2v) is 6.42. The molecule has 4 unspecified atom stereocenters. The zero-order valence-electron chi connectivity index (χ0n) is 13.4. The molecule has 0 aliphatic heterocycles. The highest BCUT2D eigenvalue weighted by molar-refractivity contribution is 5.28. The number of ether oxygens (including phenoxy) is 1. The Balaban J connectivity index is 1.90. The van der Waals surface area contributed by atoms with E-state index in [2.05, 4.69) is 50.4 Å². The molecule has 0 spiro atoms. The predicted molar refractivity (Wildman–Crippen MR) is 84.9 cm³/mol. The van der Waals surface area contributed by atoms with Crippen LogP contribution in [0.4, 0.5) is 0 Å². The van der Waals surface area contributed by atoms with Crippen LogP contribution in [0.2, 0.25) is 0 Å². The number of benzene rings is 1. The maximum atomic E-state index is 6.20. The highest BCUT2D eigenvalue weighted by Crippen LogP contribution is 2.31. The van der Waals surface area contributed by atoms with Gasteiger partial charge < -0.3 is 10.1 Å². The van der Waals surface area contributed by atoms with E-state index in [1.807, 2.05) is 7.05 Å². The number of likely N-dealkylation sites (N-methyl/N-ethyl adjacent to an activating group) is 1. The van der Waals surface area contributed by atoms with Crippen LogP contribution in [0.1, 0.15) is 50.3 Å². The Bertz CT molecular complexity index is 418. The molecule has 1 aliphatic carbocycles. The van der Waals surface area contributed by atoms with Crippen LogP contribution in [0.5, 0.6) is 0 Å². The molecule has 1 saturated carbocycles. The van der Waals surface area contributed by atoms with Crippen molar-refractivity contribution in [2.45, 2.75) is 52.2 Å². The fourth-order valence-electron chi connectivity index (χ4n) is 3.19. The van der Waals surface area contributed by atoms with Gasteiger partial charge in [0.2, 0.25) is 0 Å². The molecule has 1 fully saturated rings. The Morgan fingerprint density at radius 2 is 1.95 bits per heavy atom. The number of hydrogen-bond donors (Lipinski definition) is 1. The van der Waals surface area contributed by atoms with Gasteiger partial charge >= 0.3 is 0 Å². The molecule has 1 aromatic rings. The van der Waals surface area contributed by atoms with E-state index in [1.54, 1.807) is 0 Å². The van der Waals surface area contributed by atoms with Gasteiger partial charge in [0.15, 0.2) is 0 Å². The molecule has 0 radical (unpaired) electrons. The number of rotatable bonds is 5. The molecule has 1 aliphatic rings. The van der Waals surface area contributed by atoms with Crippen LogP contribution in [0.25, 0.3) is 0 Å². The molecule has 4 atom stereocenters. The zero-order valence-corrected chi connectivity index (χ0v) is 13.4. The summed E-state index contributed by atoms with van der Waals surface area (Å²) in [6.07, 6.45) is 4.18. The molecule has 0 aromatic heterocycles. The molecule has 2 nitrogen and oxygen atoms in total. The van der Waals surface area contributed by atoms with Gasteiger partial charge in [0.1, 0.15) is 0 Å². The monoisotopic (exact) mass is 275 g/mol. The first-order valence-electron chi connectivity index (χ1n) is 7.96. The minimum absolute atomic E-state index is 0.297. The Hall–Kier alpha value is -0.860. The van der Waals surface area contributed by atoms with Crippen LogP contribution in [0.3, 0.4) is 0 Å². The summed E-state index contributed by atoms with van der Waals surface area (Å²) < 4.78 is 6.20. The first kappa shape index (κ1) is 15.5. The number of hydrogen-bond acceptors (Lipinski definition) is 2. The van der Waals surface area contributed by atoms with Gasteiger partial charge in [-0.15, -0.1) is 0 Å². The lowest BCUT2D eigenvalue weighted by Crippen LogP contribution is -2.30. The molecule has 20 heavy (non-hydrogen) atoms. The van der Waals surface area contributed by atoms with Crippen molar-refractivity contribution in [2.24, 2.45) is 11.8 Å². The SMILES string of the molecule is CNC(COC1CCC(C)C(C)C1)c1ccccc1C. The van der Waals surface area contributed by atoms with E-state index in [0.717, 1.165) is 18.4 Å². The molecule has 0 heterocycles. The first-order valence-corrected chi connectivity index (χ1v) is 7.96. The van der Waals surface area contributed by atoms with Gasteiger partial charge in [0, 0.05) is 0 Å². The van der Waals surface area contributed by atoms with Crippen molar-refractivity contribution in [2.75, 3.05) is 13.7 Å². The van der Waals surface area contributed by atoms with Crippen LogP contribution in [-0.2, 0) is 4.74 Å². The summed E-state index contributed by atoms with van der Waals surface area (Å²) in [7, 11) is 2.02. The molecule has 0 amide bonds. The first-order chi connectivity index (χ1) is 9.61. The van der Waals surface area contributed by atoms with Crippen molar-refractivity contribution in [3.8, 4) is 0 Å². The molecule has 2 heteroatoms. The van der Waals surface area contributed by atoms with E-state index >= 15 is 0 Å². The average molecular weight is 275 g/mol. The van der Waals surface area contributed by atoms with E-state index in [4.69, 9.17) is 4.74 Å². The molecular weight excluding hydrogens is 246 g/mol. The summed E-state index contributed by atoms with van der Waals surface area (Å²) in [6, 6.07) is 8.87. The minimum Gasteiger partial charge on any atom is -0.376 e. The Morgan fingerprint density at radius 3 is 2.60 bits per heavy atom. The van der Waals surface area contributed by atoms with Crippen molar-refractivity contribution >= 4 is 0 Å². The lowest BCUT2D eigenvalue weighted by molar-refractivity contribution is -0.00689. The average Bonchev–Trinajstić information content (AvgIpc) is 2.45. The van der Waals surface area contributed by atoms with E-state index in [1.165, 1.54) is 30.4 Å². The van der Waals surface area contributed by atoms with Gasteiger partial charge in [-0.2, -0.15) is 0 Å². The molecule has 0 saturated heterocycles. The fourth-order valence-corrected chi connectivity index (χ4v) is 3.19. The summed E-state index contributed by atoms with van der Waals surface area (Å²) >= 11 is 0. The Morgan fingerprint density at radius 1 is 1.20 bits per heavy atom. The quantitative estimate of drug-likeness (QED) is 0.873. The van der Waals surface area contributed by atoms with Gasteiger partial charge in [-0.05, 0) is 56.2 Å². The van der Waals surface area contributed by atoms with Crippen LogP contribution in [0, 0.1) is 18.8 Å². The maximum Gasteiger partial charge on any atom is 0.0665 e. The van der Waals surface area contributed by atoms with Crippen LogP contribution in [0.15, 0.2) is 24.3 Å².